The average Bonchev–Trinajstić information content (AvgIpc) is 2.36. The van der Waals surface area contributed by atoms with Crippen molar-refractivity contribution in [3.05, 3.63) is 33.3 Å². The Morgan fingerprint density at radius 1 is 1.50 bits per heavy atom. The minimum Gasteiger partial charge on any atom is -0.362 e. The minimum atomic E-state index is -0.524. The van der Waals surface area contributed by atoms with Crippen LogP contribution in [0.4, 0.5) is 11.4 Å². The Kier molecular flexibility index (Phi) is 6.63. The van der Waals surface area contributed by atoms with Crippen LogP contribution >= 0.6 is 23.8 Å². The molecule has 3 N–H and O–H groups in total. The highest BCUT2D eigenvalue weighted by Gasteiger charge is 2.13. The van der Waals surface area contributed by atoms with Gasteiger partial charge in [-0.1, -0.05) is 11.6 Å². The van der Waals surface area contributed by atoms with Crippen LogP contribution in [-0.4, -0.2) is 37.2 Å². The number of anilines is 1. The topological polar surface area (TPSA) is 71.6 Å². The first-order valence-electron chi connectivity index (χ1n) is 6.18. The molecule has 0 radical (unpaired) electrons. The molecule has 1 aromatic rings. The van der Waals surface area contributed by atoms with Gasteiger partial charge < -0.3 is 15.5 Å². The predicted octanol–water partition coefficient (Wildman–Crippen LogP) is 1.07. The third-order valence-corrected chi connectivity index (χ3v) is 3.11. The minimum absolute atomic E-state index is 0.105. The maximum atomic E-state index is 10.8. The quantitative estimate of drug-likeness (QED) is 0.317. The summed E-state index contributed by atoms with van der Waals surface area (Å²) in [6, 6.07) is 4.48. The molecule has 0 atom stereocenters. The van der Waals surface area contributed by atoms with Crippen LogP contribution in [0.3, 0.4) is 0 Å². The molecular weight excluding hydrogens is 300 g/mol. The van der Waals surface area contributed by atoms with E-state index >= 15 is 0 Å². The summed E-state index contributed by atoms with van der Waals surface area (Å²) >= 11 is 10.9. The van der Waals surface area contributed by atoms with Crippen molar-refractivity contribution in [2.24, 2.45) is 0 Å². The summed E-state index contributed by atoms with van der Waals surface area (Å²) in [5.41, 5.74) is 0.396. The van der Waals surface area contributed by atoms with Crippen LogP contribution < -0.4 is 15.5 Å². The van der Waals surface area contributed by atoms with Gasteiger partial charge in [-0.25, -0.2) is 0 Å². The lowest BCUT2D eigenvalue weighted by molar-refractivity contribution is -0.858. The number of hydrogen-bond acceptors (Lipinski definition) is 3. The number of benzene rings is 1. The molecule has 8 heteroatoms. The maximum Gasteiger partial charge on any atom is 0.289 e. The molecule has 0 saturated carbocycles. The van der Waals surface area contributed by atoms with Crippen LogP contribution in [-0.2, 0) is 0 Å². The number of rotatable bonds is 6. The standard InChI is InChI=1S/C12H17ClN4O2S/c1-16(2)7-3-6-14-12(20)15-9-4-5-10(13)11(8-9)17(18)19/h4-5,8H,3,6-7H2,1-2H3,(H2,14,15,20)/p+1. The highest BCUT2D eigenvalue weighted by molar-refractivity contribution is 7.80. The largest absolute Gasteiger partial charge is 0.362 e. The van der Waals surface area contributed by atoms with E-state index in [-0.39, 0.29) is 10.7 Å². The zero-order chi connectivity index (χ0) is 15.1. The fourth-order valence-corrected chi connectivity index (χ4v) is 1.96. The van der Waals surface area contributed by atoms with Gasteiger partial charge in [0, 0.05) is 24.7 Å². The van der Waals surface area contributed by atoms with Gasteiger partial charge in [0.2, 0.25) is 0 Å². The van der Waals surface area contributed by atoms with Crippen LogP contribution in [0.2, 0.25) is 5.02 Å². The molecule has 0 heterocycles. The Balaban J connectivity index is 2.50. The lowest BCUT2D eigenvalue weighted by Gasteiger charge is -2.11. The Morgan fingerprint density at radius 3 is 2.80 bits per heavy atom. The van der Waals surface area contributed by atoms with Crippen molar-refractivity contribution in [1.29, 1.82) is 0 Å². The number of halogens is 1. The van der Waals surface area contributed by atoms with E-state index in [9.17, 15) is 10.1 Å². The van der Waals surface area contributed by atoms with Crippen molar-refractivity contribution in [3.8, 4) is 0 Å². The van der Waals surface area contributed by atoms with Crippen molar-refractivity contribution < 1.29 is 9.82 Å². The smallest absolute Gasteiger partial charge is 0.289 e. The van der Waals surface area contributed by atoms with Gasteiger partial charge in [-0.15, -0.1) is 0 Å². The Hall–Kier alpha value is -1.44. The lowest BCUT2D eigenvalue weighted by Crippen LogP contribution is -3.05. The van der Waals surface area contributed by atoms with Gasteiger partial charge in [-0.05, 0) is 24.4 Å². The molecule has 1 aromatic carbocycles. The van der Waals surface area contributed by atoms with Gasteiger partial charge in [-0.2, -0.15) is 0 Å². The zero-order valence-corrected chi connectivity index (χ0v) is 13.0. The number of hydrogen-bond donors (Lipinski definition) is 3. The number of nitrogens with one attached hydrogen (secondary N) is 3. The van der Waals surface area contributed by atoms with Crippen LogP contribution in [0.5, 0.6) is 0 Å². The second-order valence-electron chi connectivity index (χ2n) is 4.61. The van der Waals surface area contributed by atoms with Crippen molar-refractivity contribution in [1.82, 2.24) is 5.32 Å². The second-order valence-corrected chi connectivity index (χ2v) is 5.43. The highest BCUT2D eigenvalue weighted by Crippen LogP contribution is 2.27. The third-order valence-electron chi connectivity index (χ3n) is 2.54. The molecule has 0 aliphatic heterocycles. The summed E-state index contributed by atoms with van der Waals surface area (Å²) in [6.07, 6.45) is 0.991. The number of quaternary nitrogens is 1. The molecule has 1 rings (SSSR count). The molecule has 0 fully saturated rings. The number of nitro groups is 1. The van der Waals surface area contributed by atoms with E-state index < -0.39 is 4.92 Å². The molecule has 0 aromatic heterocycles. The van der Waals surface area contributed by atoms with E-state index in [0.29, 0.717) is 10.8 Å². The molecule has 6 nitrogen and oxygen atoms in total. The van der Waals surface area contributed by atoms with Crippen molar-refractivity contribution in [2.45, 2.75) is 6.42 Å². The van der Waals surface area contributed by atoms with E-state index in [4.69, 9.17) is 23.8 Å². The summed E-state index contributed by atoms with van der Waals surface area (Å²) in [6.45, 7) is 1.80. The van der Waals surface area contributed by atoms with Crippen LogP contribution in [0, 0.1) is 10.1 Å². The highest BCUT2D eigenvalue weighted by atomic mass is 35.5. The second kappa shape index (κ2) is 7.98. The van der Waals surface area contributed by atoms with E-state index in [1.807, 2.05) is 0 Å². The summed E-state index contributed by atoms with van der Waals surface area (Å²) in [5.74, 6) is 0. The molecule has 110 valence electrons. The Bertz CT molecular complexity index is 496. The van der Waals surface area contributed by atoms with Gasteiger partial charge in [0.25, 0.3) is 5.69 Å². The number of thiocarbonyl (C=S) groups is 1. The van der Waals surface area contributed by atoms with Gasteiger partial charge >= 0.3 is 0 Å². The molecule has 20 heavy (non-hydrogen) atoms. The molecular formula is C12H18ClN4O2S+. The van der Waals surface area contributed by atoms with Crippen LogP contribution in [0.15, 0.2) is 18.2 Å². The predicted molar refractivity (Wildman–Crippen MR) is 84.6 cm³/mol. The number of nitro benzene ring substituents is 1. The van der Waals surface area contributed by atoms with E-state index in [2.05, 4.69) is 24.7 Å². The van der Waals surface area contributed by atoms with Gasteiger partial charge in [0.05, 0.1) is 25.6 Å². The van der Waals surface area contributed by atoms with E-state index in [0.717, 1.165) is 19.5 Å². The summed E-state index contributed by atoms with van der Waals surface area (Å²) in [7, 11) is 4.17. The van der Waals surface area contributed by atoms with E-state index in [1.165, 1.54) is 17.0 Å². The Labute approximate surface area is 128 Å². The molecule has 0 aliphatic rings. The first kappa shape index (κ1) is 16.6. The molecule has 0 spiro atoms. The van der Waals surface area contributed by atoms with Gasteiger partial charge in [0.1, 0.15) is 5.02 Å². The lowest BCUT2D eigenvalue weighted by atomic mass is 10.3. The fourth-order valence-electron chi connectivity index (χ4n) is 1.55. The van der Waals surface area contributed by atoms with Crippen molar-refractivity contribution >= 4 is 40.3 Å². The molecule has 0 saturated heterocycles. The first-order chi connectivity index (χ1) is 9.40. The Morgan fingerprint density at radius 2 is 2.20 bits per heavy atom. The number of nitrogens with zero attached hydrogens (tertiary/aromatic N) is 1. The monoisotopic (exact) mass is 317 g/mol. The maximum absolute atomic E-state index is 10.8. The van der Waals surface area contributed by atoms with Gasteiger partial charge in [-0.3, -0.25) is 10.1 Å². The third kappa shape index (κ3) is 5.68. The summed E-state index contributed by atoms with van der Waals surface area (Å²) in [4.78, 5) is 11.6. The summed E-state index contributed by atoms with van der Waals surface area (Å²) in [5, 5.41) is 17.3. The molecule has 0 unspecified atom stereocenters. The fraction of sp³-hybridized carbons (Fsp3) is 0.417. The average molecular weight is 318 g/mol. The normalized spacial score (nSPS) is 10.4. The first-order valence-corrected chi connectivity index (χ1v) is 6.96. The summed E-state index contributed by atoms with van der Waals surface area (Å²) < 4.78 is 0. The van der Waals surface area contributed by atoms with Crippen molar-refractivity contribution in [3.63, 3.8) is 0 Å². The molecule has 0 aliphatic carbocycles. The SMILES string of the molecule is C[NH+](C)CCCNC(=S)Nc1ccc(Cl)c([N+](=O)[O-])c1. The van der Waals surface area contributed by atoms with Crippen LogP contribution in [0.25, 0.3) is 0 Å². The molecule has 0 bridgehead atoms. The zero-order valence-electron chi connectivity index (χ0n) is 11.4. The molecule has 0 amide bonds. The van der Waals surface area contributed by atoms with E-state index in [1.54, 1.807) is 6.07 Å². The van der Waals surface area contributed by atoms with Crippen LogP contribution in [0.1, 0.15) is 6.42 Å². The van der Waals surface area contributed by atoms with Crippen molar-refractivity contribution in [2.75, 3.05) is 32.5 Å². The van der Waals surface area contributed by atoms with Gasteiger partial charge in [0.15, 0.2) is 5.11 Å².